The van der Waals surface area contributed by atoms with Crippen molar-refractivity contribution in [3.05, 3.63) is 64.3 Å². The summed E-state index contributed by atoms with van der Waals surface area (Å²) in [7, 11) is 0. The zero-order chi connectivity index (χ0) is 14.1. The fourth-order valence-corrected chi connectivity index (χ4v) is 2.83. The second kappa shape index (κ2) is 5.41. The first-order chi connectivity index (χ1) is 9.65. The maximum absolute atomic E-state index is 4.82. The van der Waals surface area contributed by atoms with Gasteiger partial charge in [-0.1, -0.05) is 60.1 Å². The van der Waals surface area contributed by atoms with E-state index in [9.17, 15) is 0 Å². The van der Waals surface area contributed by atoms with E-state index >= 15 is 0 Å². The topological polar surface area (TPSA) is 17.8 Å². The van der Waals surface area contributed by atoms with Crippen LogP contribution in [0.2, 0.25) is 0 Å². The lowest BCUT2D eigenvalue weighted by Gasteiger charge is -2.04. The highest BCUT2D eigenvalue weighted by Crippen LogP contribution is 2.27. The molecular formula is C17H17BrN2. The lowest BCUT2D eigenvalue weighted by atomic mass is 10.1. The molecule has 0 atom stereocenters. The number of aromatic nitrogens is 2. The Balaban J connectivity index is 2.12. The lowest BCUT2D eigenvalue weighted by Crippen LogP contribution is -2.02. The first-order valence-electron chi connectivity index (χ1n) is 6.85. The van der Waals surface area contributed by atoms with Crippen LogP contribution in [0.1, 0.15) is 31.0 Å². The SMILES string of the molecule is CC(C)c1nn(Cc2ccccc2)c2cc(Br)ccc12. The number of halogens is 1. The van der Waals surface area contributed by atoms with Crippen LogP contribution in [-0.2, 0) is 6.54 Å². The standard InChI is InChI=1S/C17H17BrN2/c1-12(2)17-15-9-8-14(18)10-16(15)20(19-17)11-13-6-4-3-5-7-13/h3-10,12H,11H2,1-2H3. The van der Waals surface area contributed by atoms with Crippen molar-refractivity contribution in [2.45, 2.75) is 26.3 Å². The van der Waals surface area contributed by atoms with Crippen molar-refractivity contribution in [1.29, 1.82) is 0 Å². The maximum Gasteiger partial charge on any atom is 0.0728 e. The van der Waals surface area contributed by atoms with Crippen LogP contribution in [0.25, 0.3) is 10.9 Å². The van der Waals surface area contributed by atoms with Gasteiger partial charge >= 0.3 is 0 Å². The number of hydrogen-bond donors (Lipinski definition) is 0. The zero-order valence-corrected chi connectivity index (χ0v) is 13.3. The van der Waals surface area contributed by atoms with Gasteiger partial charge in [-0.15, -0.1) is 0 Å². The largest absolute Gasteiger partial charge is 0.260 e. The van der Waals surface area contributed by atoms with Crippen LogP contribution in [-0.4, -0.2) is 9.78 Å². The van der Waals surface area contributed by atoms with Gasteiger partial charge in [0.15, 0.2) is 0 Å². The van der Waals surface area contributed by atoms with Crippen LogP contribution < -0.4 is 0 Å². The van der Waals surface area contributed by atoms with Gasteiger partial charge < -0.3 is 0 Å². The maximum atomic E-state index is 4.82. The molecule has 3 rings (SSSR count). The molecule has 0 amide bonds. The van der Waals surface area contributed by atoms with Gasteiger partial charge in [-0.2, -0.15) is 5.10 Å². The molecule has 3 aromatic rings. The quantitative estimate of drug-likeness (QED) is 0.663. The Morgan fingerprint density at radius 2 is 1.85 bits per heavy atom. The second-order valence-corrected chi connectivity index (χ2v) is 6.26. The Bertz CT molecular complexity index is 729. The molecule has 1 aromatic heterocycles. The molecule has 0 saturated carbocycles. The first-order valence-corrected chi connectivity index (χ1v) is 7.64. The third kappa shape index (κ3) is 2.50. The molecule has 2 nitrogen and oxygen atoms in total. The van der Waals surface area contributed by atoms with E-state index in [0.29, 0.717) is 5.92 Å². The summed E-state index contributed by atoms with van der Waals surface area (Å²) in [5.41, 5.74) is 3.63. The predicted octanol–water partition coefficient (Wildman–Crippen LogP) is 4.97. The van der Waals surface area contributed by atoms with Crippen molar-refractivity contribution >= 4 is 26.8 Å². The van der Waals surface area contributed by atoms with Gasteiger partial charge in [0.05, 0.1) is 17.8 Å². The Morgan fingerprint density at radius 3 is 2.55 bits per heavy atom. The highest BCUT2D eigenvalue weighted by atomic mass is 79.9. The predicted molar refractivity (Wildman–Crippen MR) is 87.1 cm³/mol. The van der Waals surface area contributed by atoms with Crippen LogP contribution in [0.4, 0.5) is 0 Å². The van der Waals surface area contributed by atoms with Crippen molar-refractivity contribution in [3.63, 3.8) is 0 Å². The van der Waals surface area contributed by atoms with E-state index in [-0.39, 0.29) is 0 Å². The summed E-state index contributed by atoms with van der Waals surface area (Å²) in [6.07, 6.45) is 0. The normalized spacial score (nSPS) is 11.4. The molecule has 0 aliphatic carbocycles. The molecule has 0 unspecified atom stereocenters. The third-order valence-corrected chi connectivity index (χ3v) is 3.96. The molecule has 0 aliphatic rings. The van der Waals surface area contributed by atoms with Crippen molar-refractivity contribution in [3.8, 4) is 0 Å². The molecular weight excluding hydrogens is 312 g/mol. The highest BCUT2D eigenvalue weighted by Gasteiger charge is 2.13. The van der Waals surface area contributed by atoms with Crippen molar-refractivity contribution in [2.24, 2.45) is 0 Å². The molecule has 1 heterocycles. The summed E-state index contributed by atoms with van der Waals surface area (Å²) in [6.45, 7) is 5.19. The molecule has 102 valence electrons. The van der Waals surface area contributed by atoms with E-state index in [1.807, 2.05) is 6.07 Å². The molecule has 0 bridgehead atoms. The number of benzene rings is 2. The molecule has 0 fully saturated rings. The molecule has 2 aromatic carbocycles. The van der Waals surface area contributed by atoms with Gasteiger partial charge in [-0.25, -0.2) is 0 Å². The number of rotatable bonds is 3. The summed E-state index contributed by atoms with van der Waals surface area (Å²) in [4.78, 5) is 0. The minimum Gasteiger partial charge on any atom is -0.260 e. The van der Waals surface area contributed by atoms with Gasteiger partial charge in [0.25, 0.3) is 0 Å². The van der Waals surface area contributed by atoms with Gasteiger partial charge in [-0.3, -0.25) is 4.68 Å². The zero-order valence-electron chi connectivity index (χ0n) is 11.7. The highest BCUT2D eigenvalue weighted by molar-refractivity contribution is 9.10. The minimum absolute atomic E-state index is 0.427. The third-order valence-electron chi connectivity index (χ3n) is 3.46. The first kappa shape index (κ1) is 13.4. The molecule has 0 N–H and O–H groups in total. The van der Waals surface area contributed by atoms with Gasteiger partial charge in [-0.05, 0) is 29.7 Å². The summed E-state index contributed by atoms with van der Waals surface area (Å²) in [5, 5.41) is 6.07. The van der Waals surface area contributed by atoms with Crippen molar-refractivity contribution in [2.75, 3.05) is 0 Å². The fraction of sp³-hybridized carbons (Fsp3) is 0.235. The summed E-state index contributed by atoms with van der Waals surface area (Å²) in [6, 6.07) is 16.9. The number of fused-ring (bicyclic) bond motifs is 1. The second-order valence-electron chi connectivity index (χ2n) is 5.34. The van der Waals surface area contributed by atoms with Gasteiger partial charge in [0, 0.05) is 9.86 Å². The molecule has 0 spiro atoms. The monoisotopic (exact) mass is 328 g/mol. The van der Waals surface area contributed by atoms with Crippen molar-refractivity contribution in [1.82, 2.24) is 9.78 Å². The molecule has 0 radical (unpaired) electrons. The Kier molecular flexibility index (Phi) is 3.62. The molecule has 20 heavy (non-hydrogen) atoms. The van der Waals surface area contributed by atoms with E-state index < -0.39 is 0 Å². The van der Waals surface area contributed by atoms with E-state index in [1.165, 1.54) is 22.2 Å². The molecule has 0 saturated heterocycles. The molecule has 0 aliphatic heterocycles. The Hall–Kier alpha value is -1.61. The summed E-state index contributed by atoms with van der Waals surface area (Å²) < 4.78 is 3.19. The smallest absolute Gasteiger partial charge is 0.0728 e. The average molecular weight is 329 g/mol. The fourth-order valence-electron chi connectivity index (χ4n) is 2.48. The minimum atomic E-state index is 0.427. The van der Waals surface area contributed by atoms with E-state index in [0.717, 1.165) is 11.0 Å². The average Bonchev–Trinajstić information content (AvgIpc) is 2.78. The number of hydrogen-bond acceptors (Lipinski definition) is 1. The number of nitrogens with zero attached hydrogens (tertiary/aromatic N) is 2. The Labute approximate surface area is 127 Å². The van der Waals surface area contributed by atoms with Crippen LogP contribution in [0.3, 0.4) is 0 Å². The van der Waals surface area contributed by atoms with Crippen LogP contribution in [0, 0.1) is 0 Å². The lowest BCUT2D eigenvalue weighted by molar-refractivity contribution is 0.675. The van der Waals surface area contributed by atoms with E-state index in [2.05, 4.69) is 76.9 Å². The van der Waals surface area contributed by atoms with Crippen LogP contribution in [0.15, 0.2) is 53.0 Å². The van der Waals surface area contributed by atoms with Crippen LogP contribution >= 0.6 is 15.9 Å². The summed E-state index contributed by atoms with van der Waals surface area (Å²) in [5.74, 6) is 0.427. The Morgan fingerprint density at radius 1 is 1.10 bits per heavy atom. The van der Waals surface area contributed by atoms with Crippen LogP contribution in [0.5, 0.6) is 0 Å². The summed E-state index contributed by atoms with van der Waals surface area (Å²) >= 11 is 3.56. The van der Waals surface area contributed by atoms with Crippen molar-refractivity contribution < 1.29 is 0 Å². The van der Waals surface area contributed by atoms with E-state index in [4.69, 9.17) is 5.10 Å². The molecule has 3 heteroatoms. The van der Waals surface area contributed by atoms with E-state index in [1.54, 1.807) is 0 Å². The van der Waals surface area contributed by atoms with Gasteiger partial charge in [0.2, 0.25) is 0 Å². The van der Waals surface area contributed by atoms with Gasteiger partial charge in [0.1, 0.15) is 0 Å².